The Balaban J connectivity index is 1.61. The molecular weight excluding hydrogens is 438 g/mol. The second kappa shape index (κ2) is 11.8. The van der Waals surface area contributed by atoms with Crippen LogP contribution < -0.4 is 16.0 Å². The Labute approximate surface area is 206 Å². The van der Waals surface area contributed by atoms with E-state index in [4.69, 9.17) is 12.2 Å². The fraction of sp³-hybridized carbons (Fsp3) is 0.103. The number of benzene rings is 4. The highest BCUT2D eigenvalue weighted by molar-refractivity contribution is 7.80. The lowest BCUT2D eigenvalue weighted by Gasteiger charge is -2.31. The normalized spacial score (nSPS) is 12.2. The Bertz CT molecular complexity index is 1190. The number of thiocarbonyl (C=S) groups is 1. The van der Waals surface area contributed by atoms with Crippen molar-refractivity contribution in [2.45, 2.75) is 18.6 Å². The maximum Gasteiger partial charge on any atom is 0.251 e. The van der Waals surface area contributed by atoms with Crippen molar-refractivity contribution in [3.8, 4) is 0 Å². The molecular formula is C29H27N3OS. The molecule has 0 saturated heterocycles. The summed E-state index contributed by atoms with van der Waals surface area (Å²) in [5.74, 6) is -0.139. The Hall–Kier alpha value is -3.96. The minimum Gasteiger partial charge on any atom is -0.359 e. The molecule has 0 aromatic heterocycles. The Kier molecular flexibility index (Phi) is 8.04. The summed E-state index contributed by atoms with van der Waals surface area (Å²) >= 11 is 5.67. The van der Waals surface area contributed by atoms with Crippen molar-refractivity contribution in [3.05, 3.63) is 144 Å². The summed E-state index contributed by atoms with van der Waals surface area (Å²) in [5.41, 5.74) is 3.76. The second-order valence-corrected chi connectivity index (χ2v) is 8.34. The number of carbonyl (C=O) groups excluding carboxylic acids is 1. The molecule has 170 valence electrons. The number of nitrogens with one attached hydrogen (secondary N) is 3. The first-order valence-electron chi connectivity index (χ1n) is 11.2. The average molecular weight is 466 g/mol. The Morgan fingerprint density at radius 2 is 1.06 bits per heavy atom. The number of amides is 1. The molecule has 1 amide bonds. The maximum atomic E-state index is 13.2. The van der Waals surface area contributed by atoms with E-state index in [9.17, 15) is 4.79 Å². The minimum absolute atomic E-state index is 0.139. The first-order chi connectivity index (χ1) is 16.7. The Morgan fingerprint density at radius 1 is 0.618 bits per heavy atom. The van der Waals surface area contributed by atoms with E-state index >= 15 is 0 Å². The van der Waals surface area contributed by atoms with Gasteiger partial charge in [0.1, 0.15) is 0 Å². The van der Waals surface area contributed by atoms with Crippen molar-refractivity contribution >= 4 is 23.2 Å². The molecule has 5 heteroatoms. The highest BCUT2D eigenvalue weighted by atomic mass is 32.1. The van der Waals surface area contributed by atoms with Gasteiger partial charge in [-0.15, -0.1) is 0 Å². The minimum atomic E-state index is -0.354. The standard InChI is InChI=1S/C29H27N3OS/c33-28(25-19-11-4-12-20-25)31-26(23-15-7-2-8-16-23)27(24-17-9-3-10-18-24)32-29(34)30-21-22-13-5-1-6-14-22/h1-20,26-27H,21H2,(H,31,33)(H2,30,32,34)/t26-,27-/m0/s1. The summed E-state index contributed by atoms with van der Waals surface area (Å²) in [7, 11) is 0. The third-order valence-corrected chi connectivity index (χ3v) is 5.82. The molecule has 4 aromatic rings. The van der Waals surface area contributed by atoms with Crippen LogP contribution in [0.1, 0.15) is 39.1 Å². The third-order valence-electron chi connectivity index (χ3n) is 5.56. The van der Waals surface area contributed by atoms with E-state index in [0.29, 0.717) is 17.2 Å². The topological polar surface area (TPSA) is 53.2 Å². The molecule has 0 saturated carbocycles. The van der Waals surface area contributed by atoms with Crippen molar-refractivity contribution in [1.82, 2.24) is 16.0 Å². The smallest absolute Gasteiger partial charge is 0.251 e. The molecule has 34 heavy (non-hydrogen) atoms. The molecule has 4 rings (SSSR count). The first kappa shape index (κ1) is 23.2. The number of hydrogen-bond donors (Lipinski definition) is 3. The van der Waals surface area contributed by atoms with Gasteiger partial charge in [-0.2, -0.15) is 0 Å². The van der Waals surface area contributed by atoms with Gasteiger partial charge >= 0.3 is 0 Å². The van der Waals surface area contributed by atoms with Crippen LogP contribution in [0.3, 0.4) is 0 Å². The van der Waals surface area contributed by atoms with Gasteiger partial charge in [0.15, 0.2) is 5.11 Å². The largest absolute Gasteiger partial charge is 0.359 e. The van der Waals surface area contributed by atoms with Gasteiger partial charge in [-0.25, -0.2) is 0 Å². The lowest BCUT2D eigenvalue weighted by molar-refractivity contribution is 0.0928. The van der Waals surface area contributed by atoms with E-state index < -0.39 is 0 Å². The third kappa shape index (κ3) is 6.30. The lowest BCUT2D eigenvalue weighted by atomic mass is 9.93. The predicted octanol–water partition coefficient (Wildman–Crippen LogP) is 5.56. The maximum absolute atomic E-state index is 13.2. The molecule has 0 aliphatic heterocycles. The van der Waals surface area contributed by atoms with Gasteiger partial charge in [-0.3, -0.25) is 4.79 Å². The monoisotopic (exact) mass is 465 g/mol. The van der Waals surface area contributed by atoms with Crippen LogP contribution >= 0.6 is 12.2 Å². The quantitative estimate of drug-likeness (QED) is 0.298. The van der Waals surface area contributed by atoms with Crippen LogP contribution in [-0.4, -0.2) is 11.0 Å². The molecule has 0 spiro atoms. The molecule has 0 bridgehead atoms. The van der Waals surface area contributed by atoms with Gasteiger partial charge in [0.25, 0.3) is 5.91 Å². The van der Waals surface area contributed by atoms with Gasteiger partial charge in [0.2, 0.25) is 0 Å². The molecule has 0 aliphatic carbocycles. The lowest BCUT2D eigenvalue weighted by Crippen LogP contribution is -2.44. The average Bonchev–Trinajstić information content (AvgIpc) is 2.91. The molecule has 2 atom stereocenters. The molecule has 0 aliphatic rings. The van der Waals surface area contributed by atoms with E-state index in [1.165, 1.54) is 0 Å². The molecule has 4 aromatic carbocycles. The van der Waals surface area contributed by atoms with Gasteiger partial charge in [0.05, 0.1) is 12.1 Å². The van der Waals surface area contributed by atoms with Crippen molar-refractivity contribution in [3.63, 3.8) is 0 Å². The highest BCUT2D eigenvalue weighted by Gasteiger charge is 2.27. The zero-order valence-electron chi connectivity index (χ0n) is 18.7. The summed E-state index contributed by atoms with van der Waals surface area (Å²) in [4.78, 5) is 13.2. The molecule has 4 nitrogen and oxygen atoms in total. The number of hydrogen-bond acceptors (Lipinski definition) is 2. The summed E-state index contributed by atoms with van der Waals surface area (Å²) in [6, 6.07) is 38.7. The van der Waals surface area contributed by atoms with Gasteiger partial charge in [-0.1, -0.05) is 109 Å². The van der Waals surface area contributed by atoms with E-state index in [1.807, 2.05) is 109 Å². The summed E-state index contributed by atoms with van der Waals surface area (Å²) in [5, 5.41) is 10.5. The molecule has 0 radical (unpaired) electrons. The van der Waals surface area contributed by atoms with Gasteiger partial charge < -0.3 is 16.0 Å². The van der Waals surface area contributed by atoms with E-state index in [2.05, 4.69) is 28.1 Å². The number of rotatable bonds is 8. The summed E-state index contributed by atoms with van der Waals surface area (Å²) < 4.78 is 0. The van der Waals surface area contributed by atoms with E-state index in [0.717, 1.165) is 16.7 Å². The molecule has 0 fully saturated rings. The molecule has 0 heterocycles. The molecule has 0 unspecified atom stereocenters. The second-order valence-electron chi connectivity index (χ2n) is 7.93. The summed E-state index contributed by atoms with van der Waals surface area (Å²) in [6.07, 6.45) is 0. The zero-order valence-corrected chi connectivity index (χ0v) is 19.5. The zero-order chi connectivity index (χ0) is 23.6. The SMILES string of the molecule is O=C(N[C@@H](c1ccccc1)[C@@H](NC(=S)NCc1ccccc1)c1ccccc1)c1ccccc1. The van der Waals surface area contributed by atoms with Crippen LogP contribution in [-0.2, 0) is 6.54 Å². The van der Waals surface area contributed by atoms with Gasteiger partial charge in [0, 0.05) is 12.1 Å². The van der Waals surface area contributed by atoms with Crippen LogP contribution in [0.15, 0.2) is 121 Å². The van der Waals surface area contributed by atoms with Crippen molar-refractivity contribution in [2.24, 2.45) is 0 Å². The van der Waals surface area contributed by atoms with Crippen LogP contribution in [0.2, 0.25) is 0 Å². The fourth-order valence-corrected chi connectivity index (χ4v) is 4.02. The Morgan fingerprint density at radius 3 is 1.59 bits per heavy atom. The predicted molar refractivity (Wildman–Crippen MR) is 141 cm³/mol. The summed E-state index contributed by atoms with van der Waals surface area (Å²) in [6.45, 7) is 0.612. The first-order valence-corrected chi connectivity index (χ1v) is 11.7. The fourth-order valence-electron chi connectivity index (χ4n) is 3.82. The molecule has 3 N–H and O–H groups in total. The van der Waals surface area contributed by atoms with Gasteiger partial charge in [-0.05, 0) is 41.0 Å². The van der Waals surface area contributed by atoms with Crippen LogP contribution in [0.4, 0.5) is 0 Å². The highest BCUT2D eigenvalue weighted by Crippen LogP contribution is 2.29. The van der Waals surface area contributed by atoms with Crippen molar-refractivity contribution in [1.29, 1.82) is 0 Å². The van der Waals surface area contributed by atoms with E-state index in [-0.39, 0.29) is 18.0 Å². The van der Waals surface area contributed by atoms with Crippen LogP contribution in [0, 0.1) is 0 Å². The van der Waals surface area contributed by atoms with Crippen molar-refractivity contribution in [2.75, 3.05) is 0 Å². The van der Waals surface area contributed by atoms with E-state index in [1.54, 1.807) is 0 Å². The van der Waals surface area contributed by atoms with Crippen LogP contribution in [0.25, 0.3) is 0 Å². The number of carbonyl (C=O) groups is 1. The van der Waals surface area contributed by atoms with Crippen LogP contribution in [0.5, 0.6) is 0 Å². The van der Waals surface area contributed by atoms with Crippen molar-refractivity contribution < 1.29 is 4.79 Å².